The molecule has 1 fully saturated rings. The zero-order valence-electron chi connectivity index (χ0n) is 11.5. The summed E-state index contributed by atoms with van der Waals surface area (Å²) in [7, 11) is 2.10. The molecule has 0 spiro atoms. The van der Waals surface area contributed by atoms with Gasteiger partial charge in [0.25, 0.3) is 0 Å². The quantitative estimate of drug-likeness (QED) is 0.779. The number of thioether (sulfide) groups is 1. The Hall–Kier alpha value is -0.260. The molecule has 0 bridgehead atoms. The first-order valence-electron chi connectivity index (χ1n) is 6.17. The molecule has 0 aromatic rings. The van der Waals surface area contributed by atoms with E-state index in [0.29, 0.717) is 6.54 Å². The van der Waals surface area contributed by atoms with E-state index in [1.165, 1.54) is 0 Å². The van der Waals surface area contributed by atoms with Crippen molar-refractivity contribution >= 4 is 17.7 Å². The molecule has 1 amide bonds. The molecule has 0 atom stereocenters. The molecule has 1 saturated heterocycles. The van der Waals surface area contributed by atoms with Crippen molar-refractivity contribution in [3.63, 3.8) is 0 Å². The van der Waals surface area contributed by atoms with Gasteiger partial charge in [0.2, 0.25) is 5.91 Å². The number of likely N-dealkylation sites (N-methyl/N-ethyl adjacent to an activating group) is 1. The van der Waals surface area contributed by atoms with Crippen LogP contribution < -0.4 is 5.32 Å². The molecule has 0 saturated carbocycles. The lowest BCUT2D eigenvalue weighted by Crippen LogP contribution is -2.50. The van der Waals surface area contributed by atoms with Crippen molar-refractivity contribution in [3.05, 3.63) is 0 Å². The molecule has 0 aliphatic carbocycles. The predicted octanol–water partition coefficient (Wildman–Crippen LogP) is 0.492. The first-order valence-corrected chi connectivity index (χ1v) is 7.39. The molecule has 1 aliphatic heterocycles. The van der Waals surface area contributed by atoms with Gasteiger partial charge in [0.15, 0.2) is 0 Å². The molecular weight excluding hydrogens is 234 g/mol. The molecule has 4 nitrogen and oxygen atoms in total. The van der Waals surface area contributed by atoms with Gasteiger partial charge in [-0.1, -0.05) is 0 Å². The van der Waals surface area contributed by atoms with Crippen molar-refractivity contribution in [1.29, 1.82) is 0 Å². The lowest BCUT2D eigenvalue weighted by molar-refractivity contribution is -0.131. The summed E-state index contributed by atoms with van der Waals surface area (Å²) in [5.74, 6) is 0.231. The van der Waals surface area contributed by atoms with Crippen molar-refractivity contribution < 1.29 is 4.79 Å². The summed E-state index contributed by atoms with van der Waals surface area (Å²) in [5, 5.41) is 3.26. The number of hydrogen-bond acceptors (Lipinski definition) is 4. The molecule has 0 aromatic heterocycles. The minimum atomic E-state index is 0.197. The summed E-state index contributed by atoms with van der Waals surface area (Å²) in [5.41, 5.74) is 0. The third-order valence-electron chi connectivity index (χ3n) is 3.24. The summed E-state index contributed by atoms with van der Waals surface area (Å²) in [6, 6.07) is 0. The molecule has 100 valence electrons. The third kappa shape index (κ3) is 5.27. The van der Waals surface area contributed by atoms with E-state index in [1.54, 1.807) is 0 Å². The fraction of sp³-hybridized carbons (Fsp3) is 0.917. The fourth-order valence-corrected chi connectivity index (χ4v) is 1.96. The lowest BCUT2D eigenvalue weighted by Gasteiger charge is -2.32. The number of amides is 1. The van der Waals surface area contributed by atoms with Crippen LogP contribution in [0.25, 0.3) is 0 Å². The number of piperazine rings is 1. The van der Waals surface area contributed by atoms with Crippen LogP contribution >= 0.6 is 11.8 Å². The summed E-state index contributed by atoms with van der Waals surface area (Å²) in [6.07, 6.45) is 2.10. The van der Waals surface area contributed by atoms with Crippen molar-refractivity contribution in [1.82, 2.24) is 15.1 Å². The van der Waals surface area contributed by atoms with E-state index < -0.39 is 0 Å². The molecule has 0 radical (unpaired) electrons. The van der Waals surface area contributed by atoms with Crippen molar-refractivity contribution in [2.75, 3.05) is 52.6 Å². The van der Waals surface area contributed by atoms with E-state index in [4.69, 9.17) is 0 Å². The summed E-state index contributed by atoms with van der Waals surface area (Å²) in [4.78, 5) is 16.1. The average Bonchev–Trinajstić information content (AvgIpc) is 2.29. The summed E-state index contributed by atoms with van der Waals surface area (Å²) in [6.45, 7) is 9.41. The monoisotopic (exact) mass is 259 g/mol. The van der Waals surface area contributed by atoms with Gasteiger partial charge < -0.3 is 15.1 Å². The van der Waals surface area contributed by atoms with Crippen LogP contribution in [-0.2, 0) is 4.79 Å². The Labute approximate surface area is 109 Å². The van der Waals surface area contributed by atoms with Crippen molar-refractivity contribution in [3.8, 4) is 0 Å². The van der Waals surface area contributed by atoms with Crippen LogP contribution in [0.15, 0.2) is 0 Å². The lowest BCUT2D eigenvalue weighted by atomic mass is 10.2. The topological polar surface area (TPSA) is 35.6 Å². The molecule has 0 aromatic carbocycles. The second-order valence-electron chi connectivity index (χ2n) is 5.25. The van der Waals surface area contributed by atoms with Crippen molar-refractivity contribution in [2.24, 2.45) is 0 Å². The van der Waals surface area contributed by atoms with Gasteiger partial charge >= 0.3 is 0 Å². The van der Waals surface area contributed by atoms with Gasteiger partial charge in [-0.3, -0.25) is 4.79 Å². The molecule has 17 heavy (non-hydrogen) atoms. The van der Waals surface area contributed by atoms with Gasteiger partial charge in [-0.15, -0.1) is 0 Å². The van der Waals surface area contributed by atoms with E-state index in [9.17, 15) is 4.79 Å². The van der Waals surface area contributed by atoms with E-state index in [1.807, 2.05) is 16.7 Å². The molecule has 1 aliphatic rings. The predicted molar refractivity (Wildman–Crippen MR) is 74.5 cm³/mol. The maximum atomic E-state index is 11.9. The highest BCUT2D eigenvalue weighted by atomic mass is 32.2. The van der Waals surface area contributed by atoms with E-state index in [2.05, 4.69) is 37.4 Å². The molecule has 0 unspecified atom stereocenters. The van der Waals surface area contributed by atoms with E-state index >= 15 is 0 Å². The molecular formula is C12H25N3OS. The zero-order valence-corrected chi connectivity index (χ0v) is 12.3. The second kappa shape index (κ2) is 6.61. The normalized spacial score (nSPS) is 18.5. The Balaban J connectivity index is 2.21. The Bertz CT molecular complexity index is 250. The SMILES string of the molecule is CSC(C)(C)CNCC(=O)N1CCN(C)CC1. The maximum absolute atomic E-state index is 11.9. The van der Waals surface area contributed by atoms with Crippen LogP contribution in [0, 0.1) is 0 Å². The minimum absolute atomic E-state index is 0.197. The van der Waals surface area contributed by atoms with E-state index in [0.717, 1.165) is 32.7 Å². The highest BCUT2D eigenvalue weighted by Gasteiger charge is 2.20. The third-order valence-corrected chi connectivity index (χ3v) is 4.49. The highest BCUT2D eigenvalue weighted by Crippen LogP contribution is 2.19. The number of carbonyl (C=O) groups is 1. The Kier molecular flexibility index (Phi) is 5.76. The van der Waals surface area contributed by atoms with Gasteiger partial charge in [-0.2, -0.15) is 11.8 Å². The Morgan fingerprint density at radius 1 is 1.29 bits per heavy atom. The first-order chi connectivity index (χ1) is 7.94. The van der Waals surface area contributed by atoms with Gasteiger partial charge in [0.05, 0.1) is 6.54 Å². The molecule has 1 N–H and O–H groups in total. The minimum Gasteiger partial charge on any atom is -0.339 e. The Morgan fingerprint density at radius 3 is 2.41 bits per heavy atom. The van der Waals surface area contributed by atoms with Crippen LogP contribution in [0.4, 0.5) is 0 Å². The number of carbonyl (C=O) groups excluding carboxylic acids is 1. The molecule has 5 heteroatoms. The zero-order chi connectivity index (χ0) is 12.9. The van der Waals surface area contributed by atoms with Crippen LogP contribution in [0.5, 0.6) is 0 Å². The van der Waals surface area contributed by atoms with E-state index in [-0.39, 0.29) is 10.7 Å². The smallest absolute Gasteiger partial charge is 0.236 e. The number of rotatable bonds is 5. The molecule has 1 rings (SSSR count). The number of nitrogens with one attached hydrogen (secondary N) is 1. The van der Waals surface area contributed by atoms with Gasteiger partial charge in [-0.05, 0) is 27.2 Å². The maximum Gasteiger partial charge on any atom is 0.236 e. The Morgan fingerprint density at radius 2 is 1.88 bits per heavy atom. The van der Waals surface area contributed by atoms with Gasteiger partial charge in [-0.25, -0.2) is 0 Å². The highest BCUT2D eigenvalue weighted by molar-refractivity contribution is 7.99. The first kappa shape index (κ1) is 14.8. The largest absolute Gasteiger partial charge is 0.339 e. The fourth-order valence-electron chi connectivity index (χ4n) is 1.71. The van der Waals surface area contributed by atoms with Gasteiger partial charge in [0.1, 0.15) is 0 Å². The summed E-state index contributed by atoms with van der Waals surface area (Å²) >= 11 is 1.82. The van der Waals surface area contributed by atoms with Crippen LogP contribution in [0.1, 0.15) is 13.8 Å². The number of hydrogen-bond donors (Lipinski definition) is 1. The standard InChI is InChI=1S/C12H25N3OS/c1-12(2,17-4)10-13-9-11(16)15-7-5-14(3)6-8-15/h13H,5-10H2,1-4H3. The summed E-state index contributed by atoms with van der Waals surface area (Å²) < 4.78 is 0.197. The average molecular weight is 259 g/mol. The number of nitrogens with zero attached hydrogens (tertiary/aromatic N) is 2. The van der Waals surface area contributed by atoms with Gasteiger partial charge in [0, 0.05) is 37.5 Å². The van der Waals surface area contributed by atoms with Crippen molar-refractivity contribution in [2.45, 2.75) is 18.6 Å². The van der Waals surface area contributed by atoms with Crippen LogP contribution in [0.2, 0.25) is 0 Å². The van der Waals surface area contributed by atoms with Crippen LogP contribution in [0.3, 0.4) is 0 Å². The second-order valence-corrected chi connectivity index (χ2v) is 6.76. The molecule has 1 heterocycles. The van der Waals surface area contributed by atoms with Crippen LogP contribution in [-0.4, -0.2) is 73.0 Å².